The first-order valence-electron chi connectivity index (χ1n) is 9.68. The molecule has 1 amide bonds. The van der Waals surface area contributed by atoms with Crippen molar-refractivity contribution in [3.05, 3.63) is 65.8 Å². The van der Waals surface area contributed by atoms with Gasteiger partial charge >= 0.3 is 0 Å². The van der Waals surface area contributed by atoms with E-state index in [2.05, 4.69) is 10.2 Å². The minimum absolute atomic E-state index is 0.0850. The number of morpholine rings is 1. The molecule has 0 saturated carbocycles. The Morgan fingerprint density at radius 1 is 1.17 bits per heavy atom. The number of aryl methyl sites for hydroxylation is 1. The maximum absolute atomic E-state index is 13.3. The van der Waals surface area contributed by atoms with Crippen molar-refractivity contribution in [3.8, 4) is 11.3 Å². The molecule has 1 aromatic carbocycles. The average Bonchev–Trinajstić information content (AvgIpc) is 3.33. The minimum atomic E-state index is -0.271. The lowest BCUT2D eigenvalue weighted by Gasteiger charge is -2.26. The van der Waals surface area contributed by atoms with Gasteiger partial charge in [0, 0.05) is 25.8 Å². The van der Waals surface area contributed by atoms with Crippen LogP contribution in [0, 0.1) is 12.7 Å². The van der Waals surface area contributed by atoms with Crippen molar-refractivity contribution in [1.29, 1.82) is 0 Å². The van der Waals surface area contributed by atoms with E-state index in [0.29, 0.717) is 37.9 Å². The highest BCUT2D eigenvalue weighted by molar-refractivity contribution is 5.96. The summed E-state index contributed by atoms with van der Waals surface area (Å²) < 4.78 is 26.2. The Morgan fingerprint density at radius 2 is 1.93 bits per heavy atom. The van der Waals surface area contributed by atoms with Gasteiger partial charge in [-0.1, -0.05) is 12.1 Å². The monoisotopic (exact) mass is 397 g/mol. The van der Waals surface area contributed by atoms with E-state index in [-0.39, 0.29) is 11.7 Å². The molecule has 2 aromatic heterocycles. The summed E-state index contributed by atoms with van der Waals surface area (Å²) in [5, 5.41) is 3.07. The van der Waals surface area contributed by atoms with Gasteiger partial charge in [0.25, 0.3) is 0 Å². The van der Waals surface area contributed by atoms with E-state index in [0.717, 1.165) is 29.8 Å². The van der Waals surface area contributed by atoms with Gasteiger partial charge in [0.1, 0.15) is 17.4 Å². The Hall–Kier alpha value is -2.90. The molecule has 0 spiro atoms. The van der Waals surface area contributed by atoms with Gasteiger partial charge in [-0.05, 0) is 42.3 Å². The Bertz CT molecular complexity index is 958. The summed E-state index contributed by atoms with van der Waals surface area (Å²) >= 11 is 0. The number of aromatic nitrogens is 1. The van der Waals surface area contributed by atoms with Crippen LogP contribution in [0.5, 0.6) is 0 Å². The average molecular weight is 397 g/mol. The summed E-state index contributed by atoms with van der Waals surface area (Å²) in [7, 11) is 0. The quantitative estimate of drug-likeness (QED) is 0.692. The molecule has 29 heavy (non-hydrogen) atoms. The van der Waals surface area contributed by atoms with Crippen LogP contribution in [0.4, 0.5) is 10.2 Å². The SMILES string of the molecule is Cc1cn(Cc2ccc(F)cc2)c(NC(=O)CN2CCOCC2)c1-c1ccco1. The molecular formula is C22H24FN3O3. The number of nitrogens with one attached hydrogen (secondary N) is 1. The molecule has 1 saturated heterocycles. The zero-order valence-electron chi connectivity index (χ0n) is 16.4. The molecule has 1 aliphatic heterocycles. The maximum Gasteiger partial charge on any atom is 0.239 e. The molecule has 3 heterocycles. The number of rotatable bonds is 6. The Kier molecular flexibility index (Phi) is 5.78. The number of anilines is 1. The van der Waals surface area contributed by atoms with E-state index in [9.17, 15) is 9.18 Å². The van der Waals surface area contributed by atoms with Gasteiger partial charge in [-0.25, -0.2) is 4.39 Å². The lowest BCUT2D eigenvalue weighted by molar-refractivity contribution is -0.118. The molecule has 0 radical (unpaired) electrons. The second kappa shape index (κ2) is 8.63. The third kappa shape index (κ3) is 4.58. The molecule has 1 aliphatic rings. The highest BCUT2D eigenvalue weighted by Crippen LogP contribution is 2.34. The summed E-state index contributed by atoms with van der Waals surface area (Å²) in [4.78, 5) is 14.8. The van der Waals surface area contributed by atoms with Gasteiger partial charge in [0.05, 0.1) is 31.6 Å². The van der Waals surface area contributed by atoms with Crippen LogP contribution in [-0.2, 0) is 16.1 Å². The number of amides is 1. The smallest absolute Gasteiger partial charge is 0.239 e. The molecule has 4 rings (SSSR count). The largest absolute Gasteiger partial charge is 0.464 e. The van der Waals surface area contributed by atoms with Crippen LogP contribution in [0.3, 0.4) is 0 Å². The van der Waals surface area contributed by atoms with Crippen LogP contribution in [0.25, 0.3) is 11.3 Å². The van der Waals surface area contributed by atoms with Crippen LogP contribution >= 0.6 is 0 Å². The highest BCUT2D eigenvalue weighted by Gasteiger charge is 2.21. The molecule has 152 valence electrons. The number of hydrogen-bond donors (Lipinski definition) is 1. The van der Waals surface area contributed by atoms with Gasteiger partial charge < -0.3 is 19.0 Å². The van der Waals surface area contributed by atoms with Crippen LogP contribution < -0.4 is 5.32 Å². The molecule has 7 heteroatoms. The van der Waals surface area contributed by atoms with E-state index < -0.39 is 0 Å². The van der Waals surface area contributed by atoms with Gasteiger partial charge in [-0.15, -0.1) is 0 Å². The van der Waals surface area contributed by atoms with Crippen molar-refractivity contribution < 1.29 is 18.3 Å². The molecule has 3 aromatic rings. The molecule has 0 aliphatic carbocycles. The summed E-state index contributed by atoms with van der Waals surface area (Å²) in [6.45, 7) is 5.57. The second-order valence-electron chi connectivity index (χ2n) is 7.20. The van der Waals surface area contributed by atoms with Gasteiger partial charge in [-0.2, -0.15) is 0 Å². The Labute approximate surface area is 168 Å². The predicted molar refractivity (Wildman–Crippen MR) is 108 cm³/mol. The van der Waals surface area contributed by atoms with Crippen LogP contribution in [0.1, 0.15) is 11.1 Å². The molecule has 0 bridgehead atoms. The predicted octanol–water partition coefficient (Wildman–Crippen LogP) is 3.51. The van der Waals surface area contributed by atoms with E-state index in [1.54, 1.807) is 18.4 Å². The highest BCUT2D eigenvalue weighted by atomic mass is 19.1. The fraction of sp³-hybridized carbons (Fsp3) is 0.318. The molecule has 0 atom stereocenters. The number of benzene rings is 1. The molecular weight excluding hydrogens is 373 g/mol. The maximum atomic E-state index is 13.3. The first-order chi connectivity index (χ1) is 14.1. The lowest BCUT2D eigenvalue weighted by atomic mass is 10.1. The van der Waals surface area contributed by atoms with Crippen molar-refractivity contribution >= 4 is 11.7 Å². The van der Waals surface area contributed by atoms with E-state index in [4.69, 9.17) is 9.15 Å². The number of furan rings is 1. The molecule has 1 fully saturated rings. The third-order valence-electron chi connectivity index (χ3n) is 5.03. The Balaban J connectivity index is 1.61. The lowest BCUT2D eigenvalue weighted by Crippen LogP contribution is -2.41. The van der Waals surface area contributed by atoms with E-state index in [1.165, 1.54) is 12.1 Å². The fourth-order valence-corrected chi connectivity index (χ4v) is 3.60. The standard InChI is InChI=1S/C22H24FN3O3/c1-16-13-26(14-17-4-6-18(23)7-5-17)22(21(16)19-3-2-10-29-19)24-20(27)15-25-8-11-28-12-9-25/h2-7,10,13H,8-9,11-12,14-15H2,1H3,(H,24,27). The number of hydrogen-bond acceptors (Lipinski definition) is 4. The minimum Gasteiger partial charge on any atom is -0.464 e. The van der Waals surface area contributed by atoms with Crippen molar-refractivity contribution in [1.82, 2.24) is 9.47 Å². The summed E-state index contributed by atoms with van der Waals surface area (Å²) in [5.74, 6) is 1.02. The van der Waals surface area contributed by atoms with Crippen molar-refractivity contribution in [2.45, 2.75) is 13.5 Å². The van der Waals surface area contributed by atoms with Gasteiger partial charge in [-0.3, -0.25) is 9.69 Å². The number of carbonyl (C=O) groups excluding carboxylic acids is 1. The van der Waals surface area contributed by atoms with Crippen LogP contribution in [-0.4, -0.2) is 48.2 Å². The second-order valence-corrected chi connectivity index (χ2v) is 7.20. The van der Waals surface area contributed by atoms with E-state index in [1.807, 2.05) is 29.8 Å². The molecule has 0 unspecified atom stereocenters. The normalized spacial score (nSPS) is 14.8. The molecule has 6 nitrogen and oxygen atoms in total. The van der Waals surface area contributed by atoms with Gasteiger partial charge in [0.2, 0.25) is 5.91 Å². The number of carbonyl (C=O) groups is 1. The summed E-state index contributed by atoms with van der Waals surface area (Å²) in [6.07, 6.45) is 3.59. The van der Waals surface area contributed by atoms with Crippen molar-refractivity contribution in [2.75, 3.05) is 38.2 Å². The summed E-state index contributed by atoms with van der Waals surface area (Å²) in [5.41, 5.74) is 2.78. The fourth-order valence-electron chi connectivity index (χ4n) is 3.60. The van der Waals surface area contributed by atoms with Crippen LogP contribution in [0.2, 0.25) is 0 Å². The zero-order chi connectivity index (χ0) is 20.2. The summed E-state index contributed by atoms with van der Waals surface area (Å²) in [6, 6.07) is 10.1. The topological polar surface area (TPSA) is 59.6 Å². The van der Waals surface area contributed by atoms with E-state index >= 15 is 0 Å². The van der Waals surface area contributed by atoms with Crippen LogP contribution in [0.15, 0.2) is 53.3 Å². The molecule has 1 N–H and O–H groups in total. The van der Waals surface area contributed by atoms with Gasteiger partial charge in [0.15, 0.2) is 0 Å². The van der Waals surface area contributed by atoms with Crippen molar-refractivity contribution in [3.63, 3.8) is 0 Å². The first kappa shape index (κ1) is 19.4. The Morgan fingerprint density at radius 3 is 2.62 bits per heavy atom. The third-order valence-corrected chi connectivity index (χ3v) is 5.03. The number of halogens is 1. The first-order valence-corrected chi connectivity index (χ1v) is 9.68. The number of nitrogens with zero attached hydrogens (tertiary/aromatic N) is 2. The number of ether oxygens (including phenoxy) is 1. The zero-order valence-corrected chi connectivity index (χ0v) is 16.4. The van der Waals surface area contributed by atoms with Crippen molar-refractivity contribution in [2.24, 2.45) is 0 Å².